The number of esters is 1. The molecule has 0 saturated carbocycles. The van der Waals surface area contributed by atoms with Gasteiger partial charge in [-0.2, -0.15) is 0 Å². The minimum atomic E-state index is -0.493. The van der Waals surface area contributed by atoms with Gasteiger partial charge in [-0.15, -0.1) is 10.2 Å². The highest BCUT2D eigenvalue weighted by Gasteiger charge is 2.22. The van der Waals surface area contributed by atoms with Crippen molar-refractivity contribution in [3.8, 4) is 22.4 Å². The molecular weight excluding hydrogens is 492 g/mol. The van der Waals surface area contributed by atoms with Gasteiger partial charge < -0.3 is 20.4 Å². The van der Waals surface area contributed by atoms with Gasteiger partial charge in [0, 0.05) is 17.3 Å². The van der Waals surface area contributed by atoms with Crippen LogP contribution in [0.3, 0.4) is 0 Å². The smallest absolute Gasteiger partial charge is 0.342 e. The average molecular weight is 519 g/mol. The van der Waals surface area contributed by atoms with E-state index in [-0.39, 0.29) is 6.61 Å². The van der Waals surface area contributed by atoms with E-state index in [0.717, 1.165) is 11.1 Å². The number of nitrogens with one attached hydrogen (secondary N) is 4. The normalized spacial score (nSPS) is 10.5. The Kier molecular flexibility index (Phi) is 7.59. The number of H-pyrrole nitrogens is 1. The third-order valence-electron chi connectivity index (χ3n) is 5.86. The molecule has 2 heterocycles. The number of hydrogen-bond donors (Lipinski definition) is 4. The summed E-state index contributed by atoms with van der Waals surface area (Å²) in [6, 6.07) is 29.4. The minimum Gasteiger partial charge on any atom is -0.462 e. The van der Waals surface area contributed by atoms with Crippen molar-refractivity contribution in [1.82, 2.24) is 15.2 Å². The maximum absolute atomic E-state index is 12.9. The van der Waals surface area contributed by atoms with Crippen molar-refractivity contribution >= 4 is 35.0 Å². The maximum Gasteiger partial charge on any atom is 0.342 e. The second kappa shape index (κ2) is 11.7. The van der Waals surface area contributed by atoms with Crippen LogP contribution < -0.4 is 16.0 Å². The third-order valence-corrected chi connectivity index (χ3v) is 5.86. The van der Waals surface area contributed by atoms with Gasteiger partial charge in [0.2, 0.25) is 0 Å². The fraction of sp³-hybridized carbons (Fsp3) is 0.0667. The summed E-state index contributed by atoms with van der Waals surface area (Å²) in [7, 11) is 0. The number of para-hydroxylation sites is 2. The number of benzene rings is 3. The van der Waals surface area contributed by atoms with E-state index in [0.29, 0.717) is 39.8 Å². The summed E-state index contributed by atoms with van der Waals surface area (Å²) in [6.07, 6.45) is 1.75. The summed E-state index contributed by atoms with van der Waals surface area (Å²) < 4.78 is 5.33. The van der Waals surface area contributed by atoms with E-state index in [9.17, 15) is 9.59 Å². The molecule has 0 bridgehead atoms. The van der Waals surface area contributed by atoms with E-state index in [1.807, 2.05) is 66.7 Å². The molecule has 9 heteroatoms. The number of anilines is 4. The van der Waals surface area contributed by atoms with Gasteiger partial charge in [-0.1, -0.05) is 72.8 Å². The number of amides is 2. The van der Waals surface area contributed by atoms with Crippen LogP contribution in [0, 0.1) is 0 Å². The monoisotopic (exact) mass is 518 g/mol. The first kappa shape index (κ1) is 25.2. The fourth-order valence-corrected chi connectivity index (χ4v) is 4.05. The van der Waals surface area contributed by atoms with E-state index >= 15 is 0 Å². The molecule has 39 heavy (non-hydrogen) atoms. The van der Waals surface area contributed by atoms with Crippen LogP contribution in [0.15, 0.2) is 103 Å². The Bertz CT molecular complexity index is 1570. The second-order valence-corrected chi connectivity index (χ2v) is 8.46. The molecule has 0 aliphatic carbocycles. The summed E-state index contributed by atoms with van der Waals surface area (Å²) in [5.74, 6) is 0.296. The number of carbonyl (C=O) groups excluding carboxylic acids is 2. The Labute approximate surface area is 225 Å². The molecule has 5 rings (SSSR count). The lowest BCUT2D eigenvalue weighted by Crippen LogP contribution is -2.21. The minimum absolute atomic E-state index is 0.241. The van der Waals surface area contributed by atoms with E-state index in [1.54, 1.807) is 43.5 Å². The molecule has 0 radical (unpaired) electrons. The molecule has 0 atom stereocenters. The highest BCUT2D eigenvalue weighted by atomic mass is 16.5. The van der Waals surface area contributed by atoms with Crippen molar-refractivity contribution in [2.45, 2.75) is 6.92 Å². The van der Waals surface area contributed by atoms with E-state index in [4.69, 9.17) is 4.74 Å². The van der Waals surface area contributed by atoms with Crippen LogP contribution in [0.1, 0.15) is 17.3 Å². The summed E-state index contributed by atoms with van der Waals surface area (Å²) >= 11 is 0. The molecule has 4 N–H and O–H groups in total. The molecule has 0 saturated heterocycles. The van der Waals surface area contributed by atoms with Gasteiger partial charge >= 0.3 is 12.0 Å². The molecule has 0 aliphatic heterocycles. The number of rotatable bonds is 8. The first-order valence-corrected chi connectivity index (χ1v) is 12.4. The topological polar surface area (TPSA) is 121 Å². The molecule has 9 nitrogen and oxygen atoms in total. The molecule has 5 aromatic rings. The van der Waals surface area contributed by atoms with E-state index in [2.05, 4.69) is 31.1 Å². The summed E-state index contributed by atoms with van der Waals surface area (Å²) in [6.45, 7) is 2.00. The second-order valence-electron chi connectivity index (χ2n) is 8.46. The number of urea groups is 1. The Hall–Kier alpha value is -5.44. The Morgan fingerprint density at radius 2 is 1.44 bits per heavy atom. The van der Waals surface area contributed by atoms with Crippen LogP contribution in [0.2, 0.25) is 0 Å². The Balaban J connectivity index is 1.34. The third kappa shape index (κ3) is 5.94. The molecule has 2 aromatic heterocycles. The summed E-state index contributed by atoms with van der Waals surface area (Å²) in [4.78, 5) is 28.8. The largest absolute Gasteiger partial charge is 0.462 e. The van der Waals surface area contributed by atoms with Gasteiger partial charge in [0.1, 0.15) is 11.4 Å². The highest BCUT2D eigenvalue weighted by Crippen LogP contribution is 2.33. The van der Waals surface area contributed by atoms with Gasteiger partial charge in [-0.05, 0) is 36.8 Å². The molecular formula is C30H26N6O3. The molecule has 2 amide bonds. The predicted molar refractivity (Wildman–Crippen MR) is 152 cm³/mol. The van der Waals surface area contributed by atoms with Crippen molar-refractivity contribution in [2.24, 2.45) is 0 Å². The quantitative estimate of drug-likeness (QED) is 0.170. The van der Waals surface area contributed by atoms with Crippen molar-refractivity contribution in [3.05, 3.63) is 109 Å². The number of nitrogens with zero attached hydrogens (tertiary/aromatic N) is 2. The Morgan fingerprint density at radius 1 is 0.769 bits per heavy atom. The predicted octanol–water partition coefficient (Wildman–Crippen LogP) is 6.70. The molecule has 0 aliphatic rings. The lowest BCUT2D eigenvalue weighted by Gasteiger charge is -2.14. The van der Waals surface area contributed by atoms with Crippen molar-refractivity contribution < 1.29 is 14.3 Å². The Morgan fingerprint density at radius 3 is 2.10 bits per heavy atom. The molecule has 0 unspecified atom stereocenters. The van der Waals surface area contributed by atoms with Crippen LogP contribution in [0.4, 0.5) is 27.8 Å². The SMILES string of the molecule is CCOC(=O)c1c(-c2ccccc2)c[nH]c1Nc1ccccc1NC(=O)Nc1ccc(-c2ccccc2)nn1. The summed E-state index contributed by atoms with van der Waals surface area (Å²) in [5.41, 5.74) is 4.65. The van der Waals surface area contributed by atoms with Crippen LogP contribution in [0.25, 0.3) is 22.4 Å². The zero-order chi connectivity index (χ0) is 27.0. The highest BCUT2D eigenvalue weighted by molar-refractivity contribution is 6.05. The van der Waals surface area contributed by atoms with Crippen LogP contribution in [-0.4, -0.2) is 33.8 Å². The van der Waals surface area contributed by atoms with Gasteiger partial charge in [0.15, 0.2) is 5.82 Å². The van der Waals surface area contributed by atoms with Crippen molar-refractivity contribution in [3.63, 3.8) is 0 Å². The first-order chi connectivity index (χ1) is 19.1. The van der Waals surface area contributed by atoms with E-state index < -0.39 is 12.0 Å². The van der Waals surface area contributed by atoms with E-state index in [1.165, 1.54) is 0 Å². The number of aromatic amines is 1. The number of aromatic nitrogens is 3. The standard InChI is InChI=1S/C30H26N6O3/c1-2-39-29(37)27-22(20-11-5-3-6-12-20)19-31-28(27)32-24-15-9-10-16-25(24)33-30(38)34-26-18-17-23(35-36-26)21-13-7-4-8-14-21/h3-19,31-32H,2H2,1H3,(H2,33,34,36,38). The number of carbonyl (C=O) groups is 2. The molecule has 3 aromatic carbocycles. The zero-order valence-corrected chi connectivity index (χ0v) is 21.1. The average Bonchev–Trinajstić information content (AvgIpc) is 3.39. The van der Waals surface area contributed by atoms with Crippen LogP contribution >= 0.6 is 0 Å². The van der Waals surface area contributed by atoms with Gasteiger partial charge in [0.05, 0.1) is 23.7 Å². The van der Waals surface area contributed by atoms with Crippen molar-refractivity contribution in [2.75, 3.05) is 22.6 Å². The molecule has 0 fully saturated rings. The zero-order valence-electron chi connectivity index (χ0n) is 21.1. The van der Waals surface area contributed by atoms with Gasteiger partial charge in [-0.3, -0.25) is 5.32 Å². The summed E-state index contributed by atoms with van der Waals surface area (Å²) in [5, 5.41) is 17.1. The maximum atomic E-state index is 12.9. The van der Waals surface area contributed by atoms with Crippen LogP contribution in [-0.2, 0) is 4.74 Å². The lowest BCUT2D eigenvalue weighted by atomic mass is 10.0. The fourth-order valence-electron chi connectivity index (χ4n) is 4.05. The number of ether oxygens (including phenoxy) is 1. The molecule has 0 spiro atoms. The first-order valence-electron chi connectivity index (χ1n) is 12.4. The van der Waals surface area contributed by atoms with Gasteiger partial charge in [-0.25, -0.2) is 9.59 Å². The van der Waals surface area contributed by atoms with Crippen LogP contribution in [0.5, 0.6) is 0 Å². The lowest BCUT2D eigenvalue weighted by molar-refractivity contribution is 0.0528. The number of hydrogen-bond acceptors (Lipinski definition) is 6. The van der Waals surface area contributed by atoms with Gasteiger partial charge in [0.25, 0.3) is 0 Å². The van der Waals surface area contributed by atoms with Crippen molar-refractivity contribution in [1.29, 1.82) is 0 Å². The molecule has 194 valence electrons.